The van der Waals surface area contributed by atoms with Crippen LogP contribution in [0.2, 0.25) is 5.02 Å². The van der Waals surface area contributed by atoms with Crippen molar-refractivity contribution in [2.75, 3.05) is 23.9 Å². The SMILES string of the molecule is CCOc1cc(C2C3=C(CC(c4ccc(OC)cc4)CC3=O)Nc3ccccc3N2C(=O)c2ccccc2)ccc1OCc1ccc(Cl)cc1. The second-order valence-electron chi connectivity index (χ2n) is 12.3. The van der Waals surface area contributed by atoms with Gasteiger partial charge in [-0.2, -0.15) is 0 Å². The summed E-state index contributed by atoms with van der Waals surface area (Å²) < 4.78 is 17.8. The third-order valence-corrected chi connectivity index (χ3v) is 9.46. The lowest BCUT2D eigenvalue weighted by Gasteiger charge is -2.35. The van der Waals surface area contributed by atoms with Crippen molar-refractivity contribution in [3.8, 4) is 17.2 Å². The molecule has 1 heterocycles. The number of anilines is 2. The van der Waals surface area contributed by atoms with Gasteiger partial charge in [0.25, 0.3) is 5.91 Å². The molecular weight excluding hydrogens is 648 g/mol. The minimum absolute atomic E-state index is 0.0238. The second kappa shape index (κ2) is 14.5. The number of rotatable bonds is 9. The van der Waals surface area contributed by atoms with Crippen LogP contribution in [0.3, 0.4) is 0 Å². The van der Waals surface area contributed by atoms with E-state index in [-0.39, 0.29) is 17.6 Å². The van der Waals surface area contributed by atoms with Crippen LogP contribution in [-0.4, -0.2) is 25.4 Å². The first-order valence-electron chi connectivity index (χ1n) is 16.7. The van der Waals surface area contributed by atoms with Crippen LogP contribution in [0.1, 0.15) is 58.8 Å². The zero-order valence-electron chi connectivity index (χ0n) is 27.9. The van der Waals surface area contributed by atoms with Crippen LogP contribution in [0.25, 0.3) is 0 Å². The van der Waals surface area contributed by atoms with Gasteiger partial charge in [-0.05, 0) is 96.6 Å². The van der Waals surface area contributed by atoms with E-state index in [4.69, 9.17) is 25.8 Å². The monoisotopic (exact) mass is 684 g/mol. The maximum absolute atomic E-state index is 14.7. The van der Waals surface area contributed by atoms with Crippen LogP contribution in [0.5, 0.6) is 17.2 Å². The average Bonchev–Trinajstić information content (AvgIpc) is 3.30. The Morgan fingerprint density at radius 2 is 1.54 bits per heavy atom. The molecule has 0 saturated carbocycles. The van der Waals surface area contributed by atoms with Crippen molar-refractivity contribution in [2.45, 2.75) is 38.3 Å². The zero-order valence-corrected chi connectivity index (χ0v) is 28.7. The fourth-order valence-electron chi connectivity index (χ4n) is 6.78. The third-order valence-electron chi connectivity index (χ3n) is 9.21. The summed E-state index contributed by atoms with van der Waals surface area (Å²) in [6, 6.07) is 37.2. The van der Waals surface area contributed by atoms with E-state index in [1.54, 1.807) is 24.1 Å². The molecule has 0 fully saturated rings. The molecule has 0 spiro atoms. The molecule has 7 rings (SSSR count). The number of fused-ring (bicyclic) bond motifs is 1. The van der Waals surface area contributed by atoms with Gasteiger partial charge in [-0.1, -0.05) is 72.3 Å². The predicted molar refractivity (Wildman–Crippen MR) is 196 cm³/mol. The van der Waals surface area contributed by atoms with E-state index >= 15 is 0 Å². The number of ether oxygens (including phenoxy) is 3. The Bertz CT molecular complexity index is 2040. The molecule has 50 heavy (non-hydrogen) atoms. The number of hydrogen-bond donors (Lipinski definition) is 1. The normalized spacial score (nSPS) is 16.9. The summed E-state index contributed by atoms with van der Waals surface area (Å²) in [5, 5.41) is 4.27. The first kappa shape index (κ1) is 33.0. The number of para-hydroxylation sites is 2. The van der Waals surface area contributed by atoms with Crippen molar-refractivity contribution in [3.05, 3.63) is 160 Å². The zero-order chi connectivity index (χ0) is 34.6. The molecule has 5 aromatic carbocycles. The van der Waals surface area contributed by atoms with Crippen LogP contribution in [0.15, 0.2) is 133 Å². The summed E-state index contributed by atoms with van der Waals surface area (Å²) in [5.41, 5.74) is 6.05. The van der Waals surface area contributed by atoms with Gasteiger partial charge < -0.3 is 19.5 Å². The Balaban J connectivity index is 1.36. The minimum Gasteiger partial charge on any atom is -0.497 e. The summed E-state index contributed by atoms with van der Waals surface area (Å²) in [4.78, 5) is 31.0. The Morgan fingerprint density at radius 3 is 2.28 bits per heavy atom. The van der Waals surface area contributed by atoms with Gasteiger partial charge in [0.05, 0.1) is 31.1 Å². The molecule has 2 unspecified atom stereocenters. The lowest BCUT2D eigenvalue weighted by atomic mass is 9.78. The maximum Gasteiger partial charge on any atom is 0.259 e. The standard InChI is InChI=1S/C42H37ClN2O5/c1-3-49-39-25-30(17-22-38(39)50-26-27-13-18-32(43)19-14-27)41-40-35(23-31(24-37(40)46)28-15-20-33(48-2)21-16-28)44-34-11-7-8-12-36(34)45(41)42(47)29-9-5-4-6-10-29/h4-22,25,31,41,44H,3,23-24,26H2,1-2H3. The summed E-state index contributed by atoms with van der Waals surface area (Å²) >= 11 is 6.09. The van der Waals surface area contributed by atoms with Crippen molar-refractivity contribution in [1.29, 1.82) is 0 Å². The first-order chi connectivity index (χ1) is 24.4. The summed E-state index contributed by atoms with van der Waals surface area (Å²) in [7, 11) is 1.64. The molecule has 7 nitrogen and oxygen atoms in total. The van der Waals surface area contributed by atoms with Crippen LogP contribution >= 0.6 is 11.6 Å². The summed E-state index contributed by atoms with van der Waals surface area (Å²) in [5.74, 6) is 1.55. The molecule has 5 aromatic rings. The van der Waals surface area contributed by atoms with E-state index in [1.807, 2.05) is 116 Å². The molecule has 252 valence electrons. The molecule has 1 amide bonds. The number of nitrogens with zero attached hydrogens (tertiary/aromatic N) is 1. The molecule has 1 aliphatic heterocycles. The highest BCUT2D eigenvalue weighted by atomic mass is 35.5. The van der Waals surface area contributed by atoms with E-state index < -0.39 is 6.04 Å². The summed E-state index contributed by atoms with van der Waals surface area (Å²) in [6.45, 7) is 2.63. The molecule has 0 radical (unpaired) electrons. The molecule has 1 aliphatic carbocycles. The lowest BCUT2D eigenvalue weighted by Crippen LogP contribution is -2.38. The smallest absolute Gasteiger partial charge is 0.259 e. The van der Waals surface area contributed by atoms with Gasteiger partial charge in [0.2, 0.25) is 0 Å². The molecule has 0 bridgehead atoms. The van der Waals surface area contributed by atoms with Gasteiger partial charge in [-0.3, -0.25) is 14.5 Å². The Morgan fingerprint density at radius 1 is 0.820 bits per heavy atom. The number of carbonyl (C=O) groups excluding carboxylic acids is 2. The number of allylic oxidation sites excluding steroid dienone is 1. The Kier molecular flexibility index (Phi) is 9.58. The lowest BCUT2D eigenvalue weighted by molar-refractivity contribution is -0.116. The number of hydrogen-bond acceptors (Lipinski definition) is 6. The maximum atomic E-state index is 14.7. The van der Waals surface area contributed by atoms with Gasteiger partial charge in [0.1, 0.15) is 12.4 Å². The van der Waals surface area contributed by atoms with Gasteiger partial charge in [0, 0.05) is 28.3 Å². The highest BCUT2D eigenvalue weighted by Gasteiger charge is 2.42. The Hall–Kier alpha value is -5.53. The van der Waals surface area contributed by atoms with Gasteiger partial charge in [-0.15, -0.1) is 0 Å². The number of halogens is 1. The van der Waals surface area contributed by atoms with Crippen molar-refractivity contribution < 1.29 is 23.8 Å². The van der Waals surface area contributed by atoms with Gasteiger partial charge >= 0.3 is 0 Å². The van der Waals surface area contributed by atoms with Crippen LogP contribution in [0, 0.1) is 0 Å². The third kappa shape index (κ3) is 6.69. The molecule has 0 aromatic heterocycles. The van der Waals surface area contributed by atoms with Gasteiger partial charge in [-0.25, -0.2) is 0 Å². The van der Waals surface area contributed by atoms with Crippen molar-refractivity contribution >= 4 is 34.7 Å². The first-order valence-corrected chi connectivity index (χ1v) is 17.1. The number of carbonyl (C=O) groups is 2. The van der Waals surface area contributed by atoms with Crippen LogP contribution < -0.4 is 24.4 Å². The van der Waals surface area contributed by atoms with Crippen LogP contribution in [-0.2, 0) is 11.4 Å². The number of amides is 1. The van der Waals surface area contributed by atoms with E-state index in [0.29, 0.717) is 59.4 Å². The quantitative estimate of drug-likeness (QED) is 0.167. The van der Waals surface area contributed by atoms with Crippen molar-refractivity contribution in [2.24, 2.45) is 0 Å². The topological polar surface area (TPSA) is 77.1 Å². The number of ketones is 1. The van der Waals surface area contributed by atoms with Crippen molar-refractivity contribution in [3.63, 3.8) is 0 Å². The highest BCUT2D eigenvalue weighted by molar-refractivity contribution is 6.30. The number of nitrogens with one attached hydrogen (secondary N) is 1. The fourth-order valence-corrected chi connectivity index (χ4v) is 6.91. The second-order valence-corrected chi connectivity index (χ2v) is 12.8. The average molecular weight is 685 g/mol. The minimum atomic E-state index is -0.748. The number of methoxy groups -OCH3 is 1. The van der Waals surface area contributed by atoms with Crippen LogP contribution in [0.4, 0.5) is 11.4 Å². The largest absolute Gasteiger partial charge is 0.497 e. The van der Waals surface area contributed by atoms with E-state index in [1.165, 1.54) is 0 Å². The molecule has 8 heteroatoms. The van der Waals surface area contributed by atoms with E-state index in [9.17, 15) is 9.59 Å². The molecule has 2 atom stereocenters. The van der Waals surface area contributed by atoms with E-state index in [0.717, 1.165) is 33.8 Å². The van der Waals surface area contributed by atoms with Gasteiger partial charge in [0.15, 0.2) is 17.3 Å². The summed E-state index contributed by atoms with van der Waals surface area (Å²) in [6.07, 6.45) is 0.889. The number of benzene rings is 5. The Labute approximate surface area is 297 Å². The predicted octanol–water partition coefficient (Wildman–Crippen LogP) is 9.54. The molecule has 0 saturated heterocycles. The van der Waals surface area contributed by atoms with E-state index in [2.05, 4.69) is 5.32 Å². The fraction of sp³-hybridized carbons (Fsp3) is 0.190. The molecular formula is C42H37ClN2O5. The molecule has 1 N–H and O–H groups in total. The molecule has 2 aliphatic rings. The highest BCUT2D eigenvalue weighted by Crippen LogP contribution is 2.49. The number of Topliss-reactive ketones (excluding diaryl/α,β-unsaturated/α-hetero) is 1. The van der Waals surface area contributed by atoms with Crippen molar-refractivity contribution in [1.82, 2.24) is 0 Å².